The largest absolute Gasteiger partial charge is 0.507 e. The minimum absolute atomic E-state index is 0.0120. The van der Waals surface area contributed by atoms with Crippen LogP contribution in [0.2, 0.25) is 0 Å². The molecular formula is C13H11BrN2O2. The second-order valence-corrected chi connectivity index (χ2v) is 4.61. The molecule has 2 aromatic rings. The van der Waals surface area contributed by atoms with Crippen LogP contribution in [0.1, 0.15) is 15.9 Å². The summed E-state index contributed by atoms with van der Waals surface area (Å²) in [5.74, 6) is 0.0149. The SMILES string of the molecule is Cc1cccc(C(=O)Nc2ncccc2Br)c1O. The Labute approximate surface area is 113 Å². The number of aryl methyl sites for hydroxylation is 1. The number of phenols is 1. The summed E-state index contributed by atoms with van der Waals surface area (Å²) in [6.07, 6.45) is 1.58. The molecule has 1 heterocycles. The molecule has 1 aromatic heterocycles. The van der Waals surface area contributed by atoms with Crippen molar-refractivity contribution in [3.63, 3.8) is 0 Å². The topological polar surface area (TPSA) is 62.2 Å². The minimum Gasteiger partial charge on any atom is -0.507 e. The predicted octanol–water partition coefficient (Wildman–Crippen LogP) is 3.11. The van der Waals surface area contributed by atoms with Crippen molar-refractivity contribution in [3.05, 3.63) is 52.1 Å². The van der Waals surface area contributed by atoms with Crippen LogP contribution in [0.15, 0.2) is 41.0 Å². The van der Waals surface area contributed by atoms with E-state index in [1.165, 1.54) is 0 Å². The predicted molar refractivity (Wildman–Crippen MR) is 72.7 cm³/mol. The first-order valence-electron chi connectivity index (χ1n) is 5.30. The van der Waals surface area contributed by atoms with Gasteiger partial charge in [-0.3, -0.25) is 4.79 Å². The van der Waals surface area contributed by atoms with E-state index < -0.39 is 5.91 Å². The molecule has 0 spiro atoms. The van der Waals surface area contributed by atoms with Gasteiger partial charge < -0.3 is 10.4 Å². The van der Waals surface area contributed by atoms with E-state index in [0.29, 0.717) is 15.9 Å². The Morgan fingerprint density at radius 2 is 2.11 bits per heavy atom. The van der Waals surface area contributed by atoms with Crippen LogP contribution in [0.25, 0.3) is 0 Å². The first-order chi connectivity index (χ1) is 8.59. The molecule has 1 amide bonds. The highest BCUT2D eigenvalue weighted by Crippen LogP contribution is 2.24. The number of benzene rings is 1. The third-order valence-corrected chi connectivity index (χ3v) is 3.11. The second-order valence-electron chi connectivity index (χ2n) is 3.76. The molecule has 18 heavy (non-hydrogen) atoms. The van der Waals surface area contributed by atoms with E-state index in [1.54, 1.807) is 43.5 Å². The van der Waals surface area contributed by atoms with Crippen LogP contribution in [0.3, 0.4) is 0 Å². The maximum atomic E-state index is 12.0. The summed E-state index contributed by atoms with van der Waals surface area (Å²) in [5, 5.41) is 12.5. The van der Waals surface area contributed by atoms with Crippen molar-refractivity contribution in [1.29, 1.82) is 0 Å². The highest BCUT2D eigenvalue weighted by atomic mass is 79.9. The maximum absolute atomic E-state index is 12.0. The monoisotopic (exact) mass is 306 g/mol. The van der Waals surface area contributed by atoms with Crippen LogP contribution < -0.4 is 5.32 Å². The van der Waals surface area contributed by atoms with E-state index in [-0.39, 0.29) is 11.3 Å². The quantitative estimate of drug-likeness (QED) is 0.896. The summed E-state index contributed by atoms with van der Waals surface area (Å²) >= 11 is 3.29. The van der Waals surface area contributed by atoms with E-state index >= 15 is 0 Å². The molecule has 0 fully saturated rings. The lowest BCUT2D eigenvalue weighted by Crippen LogP contribution is -2.13. The van der Waals surface area contributed by atoms with Crippen LogP contribution in [-0.2, 0) is 0 Å². The molecule has 2 N–H and O–H groups in total. The summed E-state index contributed by atoms with van der Waals surface area (Å²) in [6.45, 7) is 1.74. The van der Waals surface area contributed by atoms with Gasteiger partial charge in [-0.1, -0.05) is 12.1 Å². The van der Waals surface area contributed by atoms with Crippen LogP contribution in [0, 0.1) is 6.92 Å². The zero-order valence-electron chi connectivity index (χ0n) is 9.64. The fourth-order valence-electron chi connectivity index (χ4n) is 1.49. The first-order valence-corrected chi connectivity index (χ1v) is 6.09. The lowest BCUT2D eigenvalue weighted by Gasteiger charge is -2.08. The number of anilines is 1. The number of amides is 1. The maximum Gasteiger partial charge on any atom is 0.260 e. The van der Waals surface area contributed by atoms with Gasteiger partial charge in [0, 0.05) is 6.20 Å². The van der Waals surface area contributed by atoms with Crippen molar-refractivity contribution >= 4 is 27.7 Å². The summed E-state index contributed by atoms with van der Waals surface area (Å²) in [7, 11) is 0. The summed E-state index contributed by atoms with van der Waals surface area (Å²) < 4.78 is 0.686. The number of rotatable bonds is 2. The third-order valence-electron chi connectivity index (χ3n) is 2.47. The van der Waals surface area contributed by atoms with Gasteiger partial charge in [-0.2, -0.15) is 0 Å². The number of hydrogen-bond donors (Lipinski definition) is 2. The average Bonchev–Trinajstić information content (AvgIpc) is 2.35. The van der Waals surface area contributed by atoms with Crippen molar-refractivity contribution in [3.8, 4) is 5.75 Å². The molecular weight excluding hydrogens is 296 g/mol. The number of aromatic hydroxyl groups is 1. The van der Waals surface area contributed by atoms with Crippen LogP contribution in [0.4, 0.5) is 5.82 Å². The average molecular weight is 307 g/mol. The van der Waals surface area contributed by atoms with Gasteiger partial charge in [-0.15, -0.1) is 0 Å². The van der Waals surface area contributed by atoms with Gasteiger partial charge in [0.2, 0.25) is 0 Å². The standard InChI is InChI=1S/C13H11BrN2O2/c1-8-4-2-5-9(11(8)17)13(18)16-12-10(14)6-3-7-15-12/h2-7,17H,1H3,(H,15,16,18). The van der Waals surface area contributed by atoms with Crippen molar-refractivity contribution in [2.45, 2.75) is 6.92 Å². The van der Waals surface area contributed by atoms with Gasteiger partial charge in [0.05, 0.1) is 10.0 Å². The molecule has 0 aliphatic heterocycles. The summed E-state index contributed by atoms with van der Waals surface area (Å²) in [4.78, 5) is 16.0. The van der Waals surface area contributed by atoms with E-state index in [0.717, 1.165) is 0 Å². The fourth-order valence-corrected chi connectivity index (χ4v) is 1.85. The number of carbonyl (C=O) groups is 1. The van der Waals surface area contributed by atoms with Crippen molar-refractivity contribution in [1.82, 2.24) is 4.98 Å². The van der Waals surface area contributed by atoms with Gasteiger partial charge in [-0.25, -0.2) is 4.98 Å². The van der Waals surface area contributed by atoms with Gasteiger partial charge in [0.15, 0.2) is 0 Å². The van der Waals surface area contributed by atoms with E-state index in [4.69, 9.17) is 0 Å². The normalized spacial score (nSPS) is 10.1. The third kappa shape index (κ3) is 2.51. The number of para-hydroxylation sites is 1. The van der Waals surface area contributed by atoms with Gasteiger partial charge in [0.25, 0.3) is 5.91 Å². The van der Waals surface area contributed by atoms with Crippen LogP contribution >= 0.6 is 15.9 Å². The number of halogens is 1. The summed E-state index contributed by atoms with van der Waals surface area (Å²) in [5.41, 5.74) is 0.885. The Morgan fingerprint density at radius 3 is 2.83 bits per heavy atom. The Balaban J connectivity index is 2.28. The number of nitrogens with zero attached hydrogens (tertiary/aromatic N) is 1. The van der Waals surface area contributed by atoms with E-state index in [9.17, 15) is 9.90 Å². The van der Waals surface area contributed by atoms with Gasteiger partial charge in [0.1, 0.15) is 11.6 Å². The lowest BCUT2D eigenvalue weighted by molar-refractivity contribution is 0.102. The lowest BCUT2D eigenvalue weighted by atomic mass is 10.1. The van der Waals surface area contributed by atoms with Crippen LogP contribution in [0.5, 0.6) is 5.75 Å². The molecule has 4 nitrogen and oxygen atoms in total. The van der Waals surface area contributed by atoms with Crippen molar-refractivity contribution in [2.75, 3.05) is 5.32 Å². The summed E-state index contributed by atoms with van der Waals surface area (Å²) in [6, 6.07) is 8.55. The van der Waals surface area contributed by atoms with Crippen LogP contribution in [-0.4, -0.2) is 16.0 Å². The molecule has 0 aliphatic rings. The number of carbonyl (C=O) groups excluding carboxylic acids is 1. The molecule has 2 rings (SSSR count). The number of phenolic OH excluding ortho intramolecular Hbond substituents is 1. The highest BCUT2D eigenvalue weighted by molar-refractivity contribution is 9.10. The van der Waals surface area contributed by atoms with Gasteiger partial charge >= 0.3 is 0 Å². The second kappa shape index (κ2) is 5.18. The fraction of sp³-hybridized carbons (Fsp3) is 0.0769. The van der Waals surface area contributed by atoms with Gasteiger partial charge in [-0.05, 0) is 46.6 Å². The highest BCUT2D eigenvalue weighted by Gasteiger charge is 2.14. The Kier molecular flexibility index (Phi) is 3.62. The first kappa shape index (κ1) is 12.6. The molecule has 1 aromatic carbocycles. The molecule has 0 unspecified atom stereocenters. The number of pyridine rings is 1. The Hall–Kier alpha value is -1.88. The molecule has 0 saturated heterocycles. The smallest absolute Gasteiger partial charge is 0.260 e. The number of aromatic nitrogens is 1. The molecule has 0 radical (unpaired) electrons. The Bertz CT molecular complexity index is 599. The molecule has 0 saturated carbocycles. The molecule has 92 valence electrons. The minimum atomic E-state index is -0.393. The Morgan fingerprint density at radius 1 is 1.33 bits per heavy atom. The van der Waals surface area contributed by atoms with E-state index in [1.807, 2.05) is 0 Å². The van der Waals surface area contributed by atoms with Crippen molar-refractivity contribution < 1.29 is 9.90 Å². The van der Waals surface area contributed by atoms with Crippen molar-refractivity contribution in [2.24, 2.45) is 0 Å². The molecule has 0 atom stereocenters. The molecule has 0 bridgehead atoms. The number of hydrogen-bond acceptors (Lipinski definition) is 3. The molecule has 0 aliphatic carbocycles. The zero-order chi connectivity index (χ0) is 13.1. The van der Waals surface area contributed by atoms with E-state index in [2.05, 4.69) is 26.2 Å². The molecule has 5 heteroatoms. The number of nitrogens with one attached hydrogen (secondary N) is 1. The zero-order valence-corrected chi connectivity index (χ0v) is 11.2.